The Labute approximate surface area is 164 Å². The largest absolute Gasteiger partial charge is 0.351 e. The van der Waals surface area contributed by atoms with Crippen molar-refractivity contribution in [1.82, 2.24) is 20.2 Å². The van der Waals surface area contributed by atoms with E-state index in [-0.39, 0.29) is 24.4 Å². The fourth-order valence-corrected chi connectivity index (χ4v) is 3.03. The van der Waals surface area contributed by atoms with Crippen LogP contribution in [0, 0.1) is 6.92 Å². The van der Waals surface area contributed by atoms with Crippen molar-refractivity contribution < 1.29 is 9.59 Å². The van der Waals surface area contributed by atoms with Gasteiger partial charge in [-0.15, -0.1) is 6.58 Å². The average Bonchev–Trinajstić information content (AvgIpc) is 3.05. The molecule has 0 aliphatic carbocycles. The van der Waals surface area contributed by atoms with Gasteiger partial charge in [0.15, 0.2) is 0 Å². The molecule has 3 rings (SSSR count). The summed E-state index contributed by atoms with van der Waals surface area (Å²) in [4.78, 5) is 29.5. The Morgan fingerprint density at radius 1 is 1.18 bits per heavy atom. The number of nitrogens with zero attached hydrogens (tertiary/aromatic N) is 2. The summed E-state index contributed by atoms with van der Waals surface area (Å²) in [6.07, 6.45) is 1.63. The van der Waals surface area contributed by atoms with Crippen LogP contribution in [-0.4, -0.2) is 27.9 Å². The number of fused-ring (bicyclic) bond motifs is 1. The van der Waals surface area contributed by atoms with Crippen LogP contribution in [0.5, 0.6) is 0 Å². The van der Waals surface area contributed by atoms with Gasteiger partial charge in [0.25, 0.3) is 5.91 Å². The first kappa shape index (κ1) is 19.4. The minimum absolute atomic E-state index is 0.119. The second kappa shape index (κ2) is 8.52. The third-order valence-corrected chi connectivity index (χ3v) is 4.48. The van der Waals surface area contributed by atoms with Gasteiger partial charge in [0.05, 0.1) is 17.1 Å². The molecule has 0 saturated carbocycles. The number of benzene rings is 2. The minimum Gasteiger partial charge on any atom is -0.351 e. The first-order valence-electron chi connectivity index (χ1n) is 9.20. The standard InChI is InChI=1S/C22H24N4O2/c1-4-13-23-20(27)14-26-19-8-6-5-7-18(19)25-21(26)16(3)24-22(28)17-11-9-15(2)10-12-17/h4-12,16H,1,13-14H2,2-3H3,(H,23,27)(H,24,28). The summed E-state index contributed by atoms with van der Waals surface area (Å²) in [5.41, 5.74) is 3.31. The van der Waals surface area contributed by atoms with Crippen LogP contribution in [0.4, 0.5) is 0 Å². The summed E-state index contributed by atoms with van der Waals surface area (Å²) in [6.45, 7) is 7.98. The van der Waals surface area contributed by atoms with Crippen LogP contribution in [0.3, 0.4) is 0 Å². The van der Waals surface area contributed by atoms with Crippen molar-refractivity contribution >= 4 is 22.8 Å². The molecule has 0 aliphatic rings. The van der Waals surface area contributed by atoms with Crippen molar-refractivity contribution in [3.63, 3.8) is 0 Å². The first-order chi connectivity index (χ1) is 13.5. The lowest BCUT2D eigenvalue weighted by Crippen LogP contribution is -2.32. The number of para-hydroxylation sites is 2. The molecule has 0 saturated heterocycles. The molecule has 0 radical (unpaired) electrons. The second-order valence-corrected chi connectivity index (χ2v) is 6.70. The maximum atomic E-state index is 12.6. The van der Waals surface area contributed by atoms with E-state index in [4.69, 9.17) is 0 Å². The Morgan fingerprint density at radius 2 is 1.89 bits per heavy atom. The molecule has 0 aliphatic heterocycles. The third-order valence-electron chi connectivity index (χ3n) is 4.48. The van der Waals surface area contributed by atoms with Gasteiger partial charge in [-0.05, 0) is 38.1 Å². The number of carbonyl (C=O) groups is 2. The van der Waals surface area contributed by atoms with E-state index in [1.165, 1.54) is 0 Å². The summed E-state index contributed by atoms with van der Waals surface area (Å²) in [6, 6.07) is 14.6. The summed E-state index contributed by atoms with van der Waals surface area (Å²) in [5, 5.41) is 5.76. The van der Waals surface area contributed by atoms with Gasteiger partial charge in [-0.2, -0.15) is 0 Å². The zero-order chi connectivity index (χ0) is 20.1. The normalized spacial score (nSPS) is 11.8. The van der Waals surface area contributed by atoms with Gasteiger partial charge >= 0.3 is 0 Å². The van der Waals surface area contributed by atoms with E-state index in [0.717, 1.165) is 16.6 Å². The summed E-state index contributed by atoms with van der Waals surface area (Å²) in [5.74, 6) is 0.319. The SMILES string of the molecule is C=CCNC(=O)Cn1c(C(C)NC(=O)c2ccc(C)cc2)nc2ccccc21. The highest BCUT2D eigenvalue weighted by Gasteiger charge is 2.20. The van der Waals surface area contributed by atoms with E-state index in [2.05, 4.69) is 22.2 Å². The number of imidazole rings is 1. The summed E-state index contributed by atoms with van der Waals surface area (Å²) in [7, 11) is 0. The smallest absolute Gasteiger partial charge is 0.251 e. The molecule has 2 N–H and O–H groups in total. The molecule has 0 spiro atoms. The van der Waals surface area contributed by atoms with Gasteiger partial charge < -0.3 is 15.2 Å². The zero-order valence-corrected chi connectivity index (χ0v) is 16.1. The van der Waals surface area contributed by atoms with E-state index in [1.807, 2.05) is 54.8 Å². The van der Waals surface area contributed by atoms with Gasteiger partial charge in [0.2, 0.25) is 5.91 Å². The van der Waals surface area contributed by atoms with Crippen molar-refractivity contribution in [3.8, 4) is 0 Å². The fraction of sp³-hybridized carbons (Fsp3) is 0.227. The highest BCUT2D eigenvalue weighted by atomic mass is 16.2. The second-order valence-electron chi connectivity index (χ2n) is 6.70. The topological polar surface area (TPSA) is 76.0 Å². The Kier molecular flexibility index (Phi) is 5.89. The molecule has 6 nitrogen and oxygen atoms in total. The number of aryl methyl sites for hydroxylation is 1. The van der Waals surface area contributed by atoms with Crippen LogP contribution in [0.15, 0.2) is 61.2 Å². The number of hydrogen-bond donors (Lipinski definition) is 2. The lowest BCUT2D eigenvalue weighted by Gasteiger charge is -2.16. The summed E-state index contributed by atoms with van der Waals surface area (Å²) < 4.78 is 1.84. The minimum atomic E-state index is -0.367. The molecule has 1 atom stereocenters. The maximum Gasteiger partial charge on any atom is 0.251 e. The monoisotopic (exact) mass is 376 g/mol. The fourth-order valence-electron chi connectivity index (χ4n) is 3.03. The van der Waals surface area contributed by atoms with E-state index in [9.17, 15) is 9.59 Å². The lowest BCUT2D eigenvalue weighted by molar-refractivity contribution is -0.121. The first-order valence-corrected chi connectivity index (χ1v) is 9.20. The number of nitrogens with one attached hydrogen (secondary N) is 2. The predicted octanol–water partition coefficient (Wildman–Crippen LogP) is 3.14. The molecule has 1 heterocycles. The molecule has 0 fully saturated rings. The molecule has 28 heavy (non-hydrogen) atoms. The van der Waals surface area contributed by atoms with Crippen molar-refractivity contribution in [2.24, 2.45) is 0 Å². The Morgan fingerprint density at radius 3 is 2.61 bits per heavy atom. The quantitative estimate of drug-likeness (QED) is 0.622. The molecule has 144 valence electrons. The molecule has 6 heteroatoms. The Hall–Kier alpha value is -3.41. The van der Waals surface area contributed by atoms with Gasteiger partial charge in [-0.1, -0.05) is 35.9 Å². The lowest BCUT2D eigenvalue weighted by atomic mass is 10.1. The van der Waals surface area contributed by atoms with E-state index >= 15 is 0 Å². The molecule has 3 aromatic rings. The van der Waals surface area contributed by atoms with Crippen LogP contribution in [0.1, 0.15) is 34.7 Å². The highest BCUT2D eigenvalue weighted by molar-refractivity contribution is 5.94. The highest BCUT2D eigenvalue weighted by Crippen LogP contribution is 2.21. The zero-order valence-electron chi connectivity index (χ0n) is 16.1. The Bertz CT molecular complexity index is 1010. The Balaban J connectivity index is 1.87. The number of amides is 2. The molecule has 2 aromatic carbocycles. The van der Waals surface area contributed by atoms with Crippen LogP contribution in [-0.2, 0) is 11.3 Å². The van der Waals surface area contributed by atoms with Crippen molar-refractivity contribution in [1.29, 1.82) is 0 Å². The van der Waals surface area contributed by atoms with Gasteiger partial charge in [-0.3, -0.25) is 9.59 Å². The van der Waals surface area contributed by atoms with Crippen LogP contribution < -0.4 is 10.6 Å². The van der Waals surface area contributed by atoms with Crippen molar-refractivity contribution in [2.45, 2.75) is 26.4 Å². The molecular weight excluding hydrogens is 352 g/mol. The molecule has 2 amide bonds. The van der Waals surface area contributed by atoms with E-state index < -0.39 is 0 Å². The molecular formula is C22H24N4O2. The predicted molar refractivity (Wildman–Crippen MR) is 110 cm³/mol. The molecule has 0 bridgehead atoms. The van der Waals surface area contributed by atoms with Gasteiger partial charge in [-0.25, -0.2) is 4.98 Å². The van der Waals surface area contributed by atoms with Crippen LogP contribution in [0.2, 0.25) is 0 Å². The summed E-state index contributed by atoms with van der Waals surface area (Å²) >= 11 is 0. The molecule has 1 aromatic heterocycles. The van der Waals surface area contributed by atoms with Crippen molar-refractivity contribution in [2.75, 3.05) is 6.54 Å². The van der Waals surface area contributed by atoms with Crippen molar-refractivity contribution in [3.05, 3.63) is 78.1 Å². The maximum absolute atomic E-state index is 12.6. The number of rotatable bonds is 7. The third kappa shape index (κ3) is 4.28. The number of hydrogen-bond acceptors (Lipinski definition) is 3. The van der Waals surface area contributed by atoms with E-state index in [0.29, 0.717) is 17.9 Å². The van der Waals surface area contributed by atoms with Crippen LogP contribution in [0.25, 0.3) is 11.0 Å². The number of aromatic nitrogens is 2. The van der Waals surface area contributed by atoms with Gasteiger partial charge in [0.1, 0.15) is 12.4 Å². The van der Waals surface area contributed by atoms with E-state index in [1.54, 1.807) is 18.2 Å². The molecule has 1 unspecified atom stereocenters. The van der Waals surface area contributed by atoms with Crippen LogP contribution >= 0.6 is 0 Å². The average molecular weight is 376 g/mol. The van der Waals surface area contributed by atoms with Gasteiger partial charge in [0, 0.05) is 12.1 Å². The number of carbonyl (C=O) groups excluding carboxylic acids is 2.